The molecule has 0 aliphatic carbocycles. The van der Waals surface area contributed by atoms with Gasteiger partial charge < -0.3 is 26.4 Å². The molecule has 0 aliphatic heterocycles. The lowest BCUT2D eigenvalue weighted by atomic mass is 9.96. The average molecular weight is 401 g/mol. The highest BCUT2D eigenvalue weighted by Gasteiger charge is 2.33. The van der Waals surface area contributed by atoms with Crippen molar-refractivity contribution in [3.05, 3.63) is 0 Å². The Bertz CT molecular complexity index is 571. The van der Waals surface area contributed by atoms with E-state index in [-0.39, 0.29) is 11.8 Å². The van der Waals surface area contributed by atoms with Gasteiger partial charge >= 0.3 is 6.09 Å². The first-order valence-electron chi connectivity index (χ1n) is 9.59. The minimum absolute atomic E-state index is 0.187. The van der Waals surface area contributed by atoms with Crippen molar-refractivity contribution in [1.29, 1.82) is 0 Å². The summed E-state index contributed by atoms with van der Waals surface area (Å²) in [6.45, 7) is 13.9. The van der Waals surface area contributed by atoms with Crippen LogP contribution in [0, 0.1) is 11.8 Å². The van der Waals surface area contributed by atoms with E-state index in [0.29, 0.717) is 6.42 Å². The molecule has 0 unspecified atom stereocenters. The van der Waals surface area contributed by atoms with Crippen molar-refractivity contribution in [1.82, 2.24) is 16.0 Å². The maximum absolute atomic E-state index is 12.8. The molecule has 162 valence electrons. The number of hydrogen-bond acceptors (Lipinski definition) is 5. The Labute approximate surface area is 167 Å². The van der Waals surface area contributed by atoms with Crippen LogP contribution < -0.4 is 21.7 Å². The first kappa shape index (κ1) is 25.7. The molecule has 0 bridgehead atoms. The van der Waals surface area contributed by atoms with Crippen molar-refractivity contribution in [3.8, 4) is 0 Å². The zero-order valence-electron chi connectivity index (χ0n) is 18.2. The van der Waals surface area contributed by atoms with E-state index in [1.165, 1.54) is 6.92 Å². The van der Waals surface area contributed by atoms with Crippen molar-refractivity contribution in [2.45, 2.75) is 85.5 Å². The van der Waals surface area contributed by atoms with Crippen LogP contribution in [0.15, 0.2) is 0 Å². The van der Waals surface area contributed by atoms with E-state index in [4.69, 9.17) is 10.5 Å². The molecule has 0 fully saturated rings. The molecule has 28 heavy (non-hydrogen) atoms. The van der Waals surface area contributed by atoms with Gasteiger partial charge in [0.15, 0.2) is 0 Å². The number of alkyl carbamates (subject to hydrolysis) is 1. The highest BCUT2D eigenvalue weighted by atomic mass is 16.6. The highest BCUT2D eigenvalue weighted by Crippen LogP contribution is 2.12. The van der Waals surface area contributed by atoms with Gasteiger partial charge in [0, 0.05) is 0 Å². The molecule has 0 aromatic carbocycles. The molecule has 0 saturated carbocycles. The molecule has 9 nitrogen and oxygen atoms in total. The van der Waals surface area contributed by atoms with E-state index in [1.807, 2.05) is 13.8 Å². The van der Waals surface area contributed by atoms with Crippen LogP contribution in [0.25, 0.3) is 0 Å². The summed E-state index contributed by atoms with van der Waals surface area (Å²) in [7, 11) is 0. The van der Waals surface area contributed by atoms with E-state index in [2.05, 4.69) is 16.0 Å². The van der Waals surface area contributed by atoms with Gasteiger partial charge in [0.2, 0.25) is 17.7 Å². The van der Waals surface area contributed by atoms with E-state index in [1.54, 1.807) is 34.6 Å². The zero-order valence-corrected chi connectivity index (χ0v) is 18.2. The second-order valence-electron chi connectivity index (χ2n) is 8.37. The SMILES string of the molecule is CC[C@@H](C)[C@@H](NC(=O)OC(C)(C)C)C(=O)N[C@H](C(=O)N[C@@H](C)C(N)=O)C(C)C. The molecule has 0 radical (unpaired) electrons. The molecule has 0 rings (SSSR count). The molecule has 5 N–H and O–H groups in total. The lowest BCUT2D eigenvalue weighted by Gasteiger charge is -2.29. The van der Waals surface area contributed by atoms with Crippen molar-refractivity contribution >= 4 is 23.8 Å². The Balaban J connectivity index is 5.30. The lowest BCUT2D eigenvalue weighted by Crippen LogP contribution is -2.58. The summed E-state index contributed by atoms with van der Waals surface area (Å²) >= 11 is 0. The third-order valence-corrected chi connectivity index (χ3v) is 4.20. The molecule has 0 saturated heterocycles. The third-order valence-electron chi connectivity index (χ3n) is 4.20. The Hall–Kier alpha value is -2.32. The van der Waals surface area contributed by atoms with Crippen molar-refractivity contribution in [2.75, 3.05) is 0 Å². The summed E-state index contributed by atoms with van der Waals surface area (Å²) in [5.41, 5.74) is 4.47. The summed E-state index contributed by atoms with van der Waals surface area (Å²) in [6, 6.07) is -2.63. The van der Waals surface area contributed by atoms with Crippen LogP contribution in [0.3, 0.4) is 0 Å². The van der Waals surface area contributed by atoms with Crippen LogP contribution in [-0.4, -0.2) is 47.5 Å². The Morgan fingerprint density at radius 1 is 0.893 bits per heavy atom. The molecule has 0 aromatic heterocycles. The Morgan fingerprint density at radius 3 is 1.79 bits per heavy atom. The highest BCUT2D eigenvalue weighted by molar-refractivity contribution is 5.93. The molecule has 0 spiro atoms. The van der Waals surface area contributed by atoms with Crippen LogP contribution in [0.2, 0.25) is 0 Å². The number of carbonyl (C=O) groups excluding carboxylic acids is 4. The van der Waals surface area contributed by atoms with E-state index < -0.39 is 47.5 Å². The van der Waals surface area contributed by atoms with Crippen molar-refractivity contribution in [2.24, 2.45) is 17.6 Å². The topological polar surface area (TPSA) is 140 Å². The van der Waals surface area contributed by atoms with Gasteiger partial charge in [-0.25, -0.2) is 4.79 Å². The van der Waals surface area contributed by atoms with Gasteiger partial charge in [-0.3, -0.25) is 14.4 Å². The van der Waals surface area contributed by atoms with Gasteiger partial charge in [-0.05, 0) is 39.5 Å². The number of ether oxygens (including phenoxy) is 1. The maximum atomic E-state index is 12.8. The molecular weight excluding hydrogens is 364 g/mol. The monoisotopic (exact) mass is 400 g/mol. The molecule has 4 amide bonds. The zero-order chi connectivity index (χ0) is 22.2. The van der Waals surface area contributed by atoms with Crippen LogP contribution >= 0.6 is 0 Å². The van der Waals surface area contributed by atoms with Gasteiger partial charge in [0.05, 0.1) is 0 Å². The van der Waals surface area contributed by atoms with Gasteiger partial charge in [-0.1, -0.05) is 34.1 Å². The third kappa shape index (κ3) is 9.05. The Kier molecular flexibility index (Phi) is 9.97. The second-order valence-corrected chi connectivity index (χ2v) is 8.37. The van der Waals surface area contributed by atoms with Crippen LogP contribution in [0.4, 0.5) is 4.79 Å². The summed E-state index contributed by atoms with van der Waals surface area (Å²) in [5.74, 6) is -2.13. The van der Waals surface area contributed by atoms with E-state index >= 15 is 0 Å². The smallest absolute Gasteiger partial charge is 0.408 e. The summed E-state index contributed by atoms with van der Waals surface area (Å²) < 4.78 is 5.23. The molecule has 0 aliphatic rings. The minimum atomic E-state index is -0.888. The minimum Gasteiger partial charge on any atom is -0.444 e. The van der Waals surface area contributed by atoms with Gasteiger partial charge in [-0.15, -0.1) is 0 Å². The number of rotatable bonds is 9. The first-order valence-corrected chi connectivity index (χ1v) is 9.59. The quantitative estimate of drug-likeness (QED) is 0.458. The summed E-state index contributed by atoms with van der Waals surface area (Å²) in [5, 5.41) is 7.74. The first-order chi connectivity index (χ1) is 12.7. The van der Waals surface area contributed by atoms with Crippen molar-refractivity contribution < 1.29 is 23.9 Å². The number of primary amides is 1. The molecule has 0 heterocycles. The van der Waals surface area contributed by atoms with Crippen LogP contribution in [0.1, 0.15) is 61.8 Å². The molecule has 0 aromatic rings. The fourth-order valence-corrected chi connectivity index (χ4v) is 2.29. The van der Waals surface area contributed by atoms with E-state index in [0.717, 1.165) is 0 Å². The second kappa shape index (κ2) is 10.9. The molecule has 9 heteroatoms. The van der Waals surface area contributed by atoms with Crippen LogP contribution in [0.5, 0.6) is 0 Å². The fourth-order valence-electron chi connectivity index (χ4n) is 2.29. The number of carbonyl (C=O) groups is 4. The number of amides is 4. The largest absolute Gasteiger partial charge is 0.444 e. The number of nitrogens with two attached hydrogens (primary N) is 1. The van der Waals surface area contributed by atoms with Gasteiger partial charge in [0.1, 0.15) is 23.7 Å². The predicted molar refractivity (Wildman–Crippen MR) is 106 cm³/mol. The normalized spacial score (nSPS) is 15.8. The lowest BCUT2D eigenvalue weighted by molar-refractivity contribution is -0.133. The fraction of sp³-hybridized carbons (Fsp3) is 0.789. The number of nitrogens with one attached hydrogen (secondary N) is 3. The summed E-state index contributed by atoms with van der Waals surface area (Å²) in [4.78, 5) is 48.6. The molecule has 4 atom stereocenters. The van der Waals surface area contributed by atoms with Gasteiger partial charge in [-0.2, -0.15) is 0 Å². The maximum Gasteiger partial charge on any atom is 0.408 e. The standard InChI is InChI=1S/C19H36N4O5/c1-9-11(4)14(23-18(27)28-19(6,7)8)17(26)22-13(10(2)3)16(25)21-12(5)15(20)24/h10-14H,9H2,1-8H3,(H2,20,24)(H,21,25)(H,22,26)(H,23,27)/t11-,12+,13+,14-/m1/s1. The van der Waals surface area contributed by atoms with Crippen LogP contribution in [-0.2, 0) is 19.1 Å². The van der Waals surface area contributed by atoms with E-state index in [9.17, 15) is 19.2 Å². The predicted octanol–water partition coefficient (Wildman–Crippen LogP) is 1.06. The van der Waals surface area contributed by atoms with Gasteiger partial charge in [0.25, 0.3) is 0 Å². The average Bonchev–Trinajstić information content (AvgIpc) is 2.54. The number of hydrogen-bond donors (Lipinski definition) is 4. The summed E-state index contributed by atoms with van der Waals surface area (Å²) in [6.07, 6.45) is -0.0775. The Morgan fingerprint density at radius 2 is 1.39 bits per heavy atom. The van der Waals surface area contributed by atoms with Crippen molar-refractivity contribution in [3.63, 3.8) is 0 Å². The molecular formula is C19H36N4O5.